The van der Waals surface area contributed by atoms with E-state index in [4.69, 9.17) is 11.6 Å². The molecule has 19 heavy (non-hydrogen) atoms. The molecule has 1 aliphatic rings. The summed E-state index contributed by atoms with van der Waals surface area (Å²) in [5.41, 5.74) is 4.23. The fourth-order valence-corrected chi connectivity index (χ4v) is 2.84. The number of fused-ring (bicyclic) bond motifs is 3. The lowest BCUT2D eigenvalue weighted by atomic mass is 9.99. The molecule has 0 saturated carbocycles. The zero-order valence-electron chi connectivity index (χ0n) is 11.1. The molecular formula is C14H16ClN3O. The Balaban J connectivity index is 2.15. The summed E-state index contributed by atoms with van der Waals surface area (Å²) in [5, 5.41) is -0.495. The third-order valence-corrected chi connectivity index (χ3v) is 3.87. The number of carbonyl (C=O) groups excluding carboxylic acids is 1. The van der Waals surface area contributed by atoms with Crippen LogP contribution in [-0.4, -0.2) is 27.4 Å². The lowest BCUT2D eigenvalue weighted by Gasteiger charge is -2.30. The van der Waals surface area contributed by atoms with Crippen LogP contribution in [0.3, 0.4) is 0 Å². The Labute approximate surface area is 117 Å². The molecule has 5 heteroatoms. The Morgan fingerprint density at radius 1 is 1.47 bits per heavy atom. The summed E-state index contributed by atoms with van der Waals surface area (Å²) in [6.07, 6.45) is 3.73. The van der Waals surface area contributed by atoms with Gasteiger partial charge >= 0.3 is 0 Å². The van der Waals surface area contributed by atoms with Gasteiger partial charge < -0.3 is 9.47 Å². The van der Waals surface area contributed by atoms with Gasteiger partial charge in [0.1, 0.15) is 5.38 Å². The van der Waals surface area contributed by atoms with Gasteiger partial charge in [-0.05, 0) is 31.9 Å². The van der Waals surface area contributed by atoms with Crippen molar-refractivity contribution in [3.63, 3.8) is 0 Å². The highest BCUT2D eigenvalue weighted by Crippen LogP contribution is 2.33. The predicted octanol–water partition coefficient (Wildman–Crippen LogP) is 2.48. The number of imidazole rings is 1. The third kappa shape index (κ3) is 1.91. The summed E-state index contributed by atoms with van der Waals surface area (Å²) in [6.45, 7) is 2.46. The number of aromatic nitrogens is 2. The smallest absolute Gasteiger partial charge is 0.244 e. The predicted molar refractivity (Wildman–Crippen MR) is 76.7 cm³/mol. The van der Waals surface area contributed by atoms with Crippen LogP contribution in [0.25, 0.3) is 11.0 Å². The standard InChI is InChI=1S/C14H16ClN3O/c1-9(15)14(19)18-7-3-4-10-11(18)5-6-12-13(10)16-8-17(12)2/h5-6,8-9H,3-4,7H2,1-2H3. The quantitative estimate of drug-likeness (QED) is 0.751. The molecule has 1 amide bonds. The molecule has 0 fully saturated rings. The van der Waals surface area contributed by atoms with Gasteiger partial charge in [0.15, 0.2) is 0 Å². The summed E-state index contributed by atoms with van der Waals surface area (Å²) >= 11 is 5.94. The number of amides is 1. The largest absolute Gasteiger partial charge is 0.334 e. The summed E-state index contributed by atoms with van der Waals surface area (Å²) in [5.74, 6) is -0.0297. The molecule has 1 unspecified atom stereocenters. The lowest BCUT2D eigenvalue weighted by molar-refractivity contribution is -0.118. The SMILES string of the molecule is CC(Cl)C(=O)N1CCCc2c1ccc1c2ncn1C. The second kappa shape index (κ2) is 4.53. The maximum absolute atomic E-state index is 12.2. The van der Waals surface area contributed by atoms with Crippen LogP contribution in [0.15, 0.2) is 18.5 Å². The van der Waals surface area contributed by atoms with E-state index in [1.165, 1.54) is 0 Å². The molecule has 2 heterocycles. The number of alkyl halides is 1. The normalized spacial score (nSPS) is 16.5. The minimum atomic E-state index is -0.495. The van der Waals surface area contributed by atoms with Crippen molar-refractivity contribution in [2.45, 2.75) is 25.1 Å². The number of halogens is 1. The molecule has 4 nitrogen and oxygen atoms in total. The van der Waals surface area contributed by atoms with Gasteiger partial charge in [0.25, 0.3) is 0 Å². The van der Waals surface area contributed by atoms with Gasteiger partial charge in [-0.1, -0.05) is 0 Å². The average molecular weight is 278 g/mol. The number of hydrogen-bond acceptors (Lipinski definition) is 2. The fraction of sp³-hybridized carbons (Fsp3) is 0.429. The molecule has 0 bridgehead atoms. The van der Waals surface area contributed by atoms with Crippen LogP contribution in [0.5, 0.6) is 0 Å². The Morgan fingerprint density at radius 2 is 2.26 bits per heavy atom. The van der Waals surface area contributed by atoms with Gasteiger partial charge in [-0.2, -0.15) is 0 Å². The number of benzene rings is 1. The molecule has 1 aliphatic heterocycles. The van der Waals surface area contributed by atoms with Crippen LogP contribution < -0.4 is 4.90 Å². The van der Waals surface area contributed by atoms with E-state index in [1.807, 2.05) is 30.1 Å². The summed E-state index contributed by atoms with van der Waals surface area (Å²) < 4.78 is 2.00. The molecular weight excluding hydrogens is 262 g/mol. The van der Waals surface area contributed by atoms with E-state index in [1.54, 1.807) is 11.8 Å². The van der Waals surface area contributed by atoms with E-state index < -0.39 is 5.38 Å². The summed E-state index contributed by atoms with van der Waals surface area (Å²) in [6, 6.07) is 4.03. The Morgan fingerprint density at radius 3 is 3.00 bits per heavy atom. The van der Waals surface area contributed by atoms with Crippen LogP contribution in [-0.2, 0) is 18.3 Å². The van der Waals surface area contributed by atoms with Crippen molar-refractivity contribution >= 4 is 34.2 Å². The molecule has 2 aromatic rings. The molecule has 1 aromatic heterocycles. The zero-order chi connectivity index (χ0) is 13.6. The first-order valence-electron chi connectivity index (χ1n) is 6.48. The Bertz CT molecular complexity index is 647. The molecule has 0 spiro atoms. The van der Waals surface area contributed by atoms with Crippen LogP contribution in [0.4, 0.5) is 5.69 Å². The van der Waals surface area contributed by atoms with E-state index >= 15 is 0 Å². The minimum Gasteiger partial charge on any atom is -0.334 e. The van der Waals surface area contributed by atoms with Crippen molar-refractivity contribution in [2.75, 3.05) is 11.4 Å². The Kier molecular flexibility index (Phi) is 2.97. The third-order valence-electron chi connectivity index (χ3n) is 3.68. The highest BCUT2D eigenvalue weighted by molar-refractivity contribution is 6.32. The first-order chi connectivity index (χ1) is 9.09. The first kappa shape index (κ1) is 12.5. The number of anilines is 1. The van der Waals surface area contributed by atoms with Crippen molar-refractivity contribution in [3.8, 4) is 0 Å². The van der Waals surface area contributed by atoms with Gasteiger partial charge in [-0.3, -0.25) is 4.79 Å². The van der Waals surface area contributed by atoms with E-state index in [0.717, 1.165) is 41.7 Å². The summed E-state index contributed by atoms with van der Waals surface area (Å²) in [4.78, 5) is 18.4. The van der Waals surface area contributed by atoms with Crippen LogP contribution in [0, 0.1) is 0 Å². The van der Waals surface area contributed by atoms with E-state index in [0.29, 0.717) is 0 Å². The van der Waals surface area contributed by atoms with E-state index in [-0.39, 0.29) is 5.91 Å². The van der Waals surface area contributed by atoms with Crippen molar-refractivity contribution in [1.29, 1.82) is 0 Å². The molecule has 0 saturated heterocycles. The number of hydrogen-bond donors (Lipinski definition) is 0. The summed E-state index contributed by atoms with van der Waals surface area (Å²) in [7, 11) is 1.98. The van der Waals surface area contributed by atoms with Gasteiger partial charge in [-0.25, -0.2) is 4.98 Å². The second-order valence-corrected chi connectivity index (χ2v) is 5.65. The van der Waals surface area contributed by atoms with Crippen molar-refractivity contribution < 1.29 is 4.79 Å². The molecule has 0 aliphatic carbocycles. The minimum absolute atomic E-state index is 0.0297. The van der Waals surface area contributed by atoms with Crippen LogP contribution in [0.2, 0.25) is 0 Å². The number of nitrogens with zero attached hydrogens (tertiary/aromatic N) is 3. The van der Waals surface area contributed by atoms with Gasteiger partial charge in [0.05, 0.1) is 17.4 Å². The zero-order valence-corrected chi connectivity index (χ0v) is 11.8. The topological polar surface area (TPSA) is 38.1 Å². The van der Waals surface area contributed by atoms with Gasteiger partial charge in [0, 0.05) is 24.8 Å². The highest BCUT2D eigenvalue weighted by Gasteiger charge is 2.27. The van der Waals surface area contributed by atoms with E-state index in [9.17, 15) is 4.79 Å². The van der Waals surface area contributed by atoms with Gasteiger partial charge in [-0.15, -0.1) is 11.6 Å². The molecule has 3 rings (SSSR count). The molecule has 0 N–H and O–H groups in total. The molecule has 1 aromatic carbocycles. The maximum Gasteiger partial charge on any atom is 0.244 e. The van der Waals surface area contributed by atoms with Crippen molar-refractivity contribution in [2.24, 2.45) is 7.05 Å². The second-order valence-electron chi connectivity index (χ2n) is 5.00. The van der Waals surface area contributed by atoms with Crippen LogP contribution in [0.1, 0.15) is 18.9 Å². The molecule has 0 radical (unpaired) electrons. The lowest BCUT2D eigenvalue weighted by Crippen LogP contribution is -2.39. The fourth-order valence-electron chi connectivity index (χ4n) is 2.73. The maximum atomic E-state index is 12.2. The number of rotatable bonds is 1. The Hall–Kier alpha value is -1.55. The average Bonchev–Trinajstić information content (AvgIpc) is 2.79. The van der Waals surface area contributed by atoms with Crippen LogP contribution >= 0.6 is 11.6 Å². The molecule has 100 valence electrons. The van der Waals surface area contributed by atoms with Crippen molar-refractivity contribution in [3.05, 3.63) is 24.0 Å². The monoisotopic (exact) mass is 277 g/mol. The van der Waals surface area contributed by atoms with Gasteiger partial charge in [0.2, 0.25) is 5.91 Å². The first-order valence-corrected chi connectivity index (χ1v) is 6.91. The molecule has 1 atom stereocenters. The highest BCUT2D eigenvalue weighted by atomic mass is 35.5. The van der Waals surface area contributed by atoms with Crippen molar-refractivity contribution in [1.82, 2.24) is 9.55 Å². The van der Waals surface area contributed by atoms with E-state index in [2.05, 4.69) is 4.98 Å². The number of carbonyl (C=O) groups is 1. The number of aryl methyl sites for hydroxylation is 2.